The molecule has 0 radical (unpaired) electrons. The van der Waals surface area contributed by atoms with Crippen molar-refractivity contribution in [2.45, 2.75) is 6.92 Å². The van der Waals surface area contributed by atoms with E-state index < -0.39 is 0 Å². The van der Waals surface area contributed by atoms with Gasteiger partial charge in [0.25, 0.3) is 11.8 Å². The second-order valence-electron chi connectivity index (χ2n) is 8.14. The lowest BCUT2D eigenvalue weighted by Gasteiger charge is -2.13. The molecular formula is C28H25BrClN3O5S. The van der Waals surface area contributed by atoms with Crippen LogP contribution in [-0.2, 0) is 9.59 Å². The van der Waals surface area contributed by atoms with Gasteiger partial charge in [-0.05, 0) is 88.7 Å². The molecule has 3 aromatic carbocycles. The van der Waals surface area contributed by atoms with Crippen molar-refractivity contribution in [3.05, 3.63) is 80.6 Å². The highest BCUT2D eigenvalue weighted by Gasteiger charge is 2.30. The van der Waals surface area contributed by atoms with Gasteiger partial charge in [0.2, 0.25) is 0 Å². The van der Waals surface area contributed by atoms with Crippen LogP contribution in [0.4, 0.5) is 11.4 Å². The zero-order valence-electron chi connectivity index (χ0n) is 21.4. The first kappa shape index (κ1) is 28.5. The Hall–Kier alpha value is -3.47. The number of aliphatic imine (C=N–C) groups is 1. The van der Waals surface area contributed by atoms with Crippen LogP contribution in [0.3, 0.4) is 0 Å². The van der Waals surface area contributed by atoms with Crippen LogP contribution in [0.2, 0.25) is 5.02 Å². The van der Waals surface area contributed by atoms with Crippen molar-refractivity contribution in [1.29, 1.82) is 0 Å². The van der Waals surface area contributed by atoms with E-state index in [4.69, 9.17) is 25.8 Å². The number of rotatable bonds is 9. The highest BCUT2D eigenvalue weighted by atomic mass is 79.9. The highest BCUT2D eigenvalue weighted by molar-refractivity contribution is 9.10. The maximum Gasteiger partial charge on any atom is 0.266 e. The standard InChI is InChI=1S/C28H25BrClN3O5S/c1-4-37-24-13-17(9-12-23(24)38-16-26(34)32-21-7-5-6-8-22(21)36-3)14-25-27(35)33(2)28(39-25)31-18-10-11-19(29)20(30)15-18/h5-15H,4,16H2,1-3H3,(H,32,34)/b25-14-,31-28?. The number of thioether (sulfide) groups is 1. The predicted octanol–water partition coefficient (Wildman–Crippen LogP) is 6.76. The molecule has 1 saturated heterocycles. The predicted molar refractivity (Wildman–Crippen MR) is 159 cm³/mol. The average molecular weight is 631 g/mol. The number of carbonyl (C=O) groups excluding carboxylic acids is 2. The number of nitrogens with one attached hydrogen (secondary N) is 1. The van der Waals surface area contributed by atoms with E-state index in [0.29, 0.717) is 50.3 Å². The monoisotopic (exact) mass is 629 g/mol. The number of hydrogen-bond donors (Lipinski definition) is 1. The van der Waals surface area contributed by atoms with Crippen molar-refractivity contribution in [3.8, 4) is 17.2 Å². The van der Waals surface area contributed by atoms with Gasteiger partial charge < -0.3 is 19.5 Å². The third-order valence-corrected chi connectivity index (χ3v) is 7.73. The number of amides is 2. The van der Waals surface area contributed by atoms with Gasteiger partial charge in [-0.1, -0.05) is 29.8 Å². The molecule has 4 rings (SSSR count). The summed E-state index contributed by atoms with van der Waals surface area (Å²) in [5.41, 5.74) is 1.93. The van der Waals surface area contributed by atoms with Crippen LogP contribution < -0.4 is 19.5 Å². The molecule has 1 heterocycles. The molecule has 202 valence electrons. The molecule has 11 heteroatoms. The summed E-state index contributed by atoms with van der Waals surface area (Å²) in [5.74, 6) is 0.901. The number of carbonyl (C=O) groups is 2. The van der Waals surface area contributed by atoms with Crippen molar-refractivity contribution < 1.29 is 23.8 Å². The summed E-state index contributed by atoms with van der Waals surface area (Å²) in [7, 11) is 3.21. The van der Waals surface area contributed by atoms with Gasteiger partial charge in [-0.2, -0.15) is 0 Å². The molecule has 0 aliphatic carbocycles. The minimum absolute atomic E-state index is 0.173. The molecule has 0 atom stereocenters. The van der Waals surface area contributed by atoms with E-state index >= 15 is 0 Å². The van der Waals surface area contributed by atoms with Gasteiger partial charge in [-0.3, -0.25) is 14.5 Å². The SMILES string of the molecule is CCOc1cc(/C=C2\SC(=Nc3ccc(Br)c(Cl)c3)N(C)C2=O)ccc1OCC(=O)Nc1ccccc1OC. The minimum Gasteiger partial charge on any atom is -0.495 e. The number of para-hydroxylation sites is 2. The first-order valence-electron chi connectivity index (χ1n) is 11.8. The number of ether oxygens (including phenoxy) is 3. The van der Waals surface area contributed by atoms with Crippen LogP contribution in [0.25, 0.3) is 6.08 Å². The van der Waals surface area contributed by atoms with Gasteiger partial charge in [0.1, 0.15) is 5.75 Å². The summed E-state index contributed by atoms with van der Waals surface area (Å²) >= 11 is 10.8. The molecule has 1 N–H and O–H groups in total. The molecular weight excluding hydrogens is 606 g/mol. The van der Waals surface area contributed by atoms with Gasteiger partial charge >= 0.3 is 0 Å². The summed E-state index contributed by atoms with van der Waals surface area (Å²) in [6.07, 6.45) is 1.77. The van der Waals surface area contributed by atoms with Crippen molar-refractivity contribution in [2.75, 3.05) is 32.7 Å². The molecule has 2 amide bonds. The topological polar surface area (TPSA) is 89.5 Å². The smallest absolute Gasteiger partial charge is 0.266 e. The van der Waals surface area contributed by atoms with Crippen LogP contribution in [0.15, 0.2) is 75.0 Å². The Bertz CT molecular complexity index is 1460. The number of halogens is 2. The van der Waals surface area contributed by atoms with Crippen LogP contribution >= 0.6 is 39.3 Å². The molecule has 1 aliphatic heterocycles. The Morgan fingerprint density at radius 1 is 1.10 bits per heavy atom. The number of benzene rings is 3. The molecule has 0 saturated carbocycles. The fourth-order valence-corrected chi connectivity index (χ4v) is 4.96. The maximum absolute atomic E-state index is 12.9. The minimum atomic E-state index is -0.344. The van der Waals surface area contributed by atoms with Gasteiger partial charge in [0.15, 0.2) is 23.3 Å². The second kappa shape index (κ2) is 13.1. The fraction of sp³-hybridized carbons (Fsp3) is 0.179. The van der Waals surface area contributed by atoms with Gasteiger partial charge in [0, 0.05) is 11.5 Å². The third kappa shape index (κ3) is 7.14. The van der Waals surface area contributed by atoms with Crippen molar-refractivity contribution in [1.82, 2.24) is 4.90 Å². The first-order chi connectivity index (χ1) is 18.8. The largest absolute Gasteiger partial charge is 0.495 e. The van der Waals surface area contributed by atoms with Crippen LogP contribution in [-0.4, -0.2) is 49.3 Å². The molecule has 1 fully saturated rings. The normalized spacial score (nSPS) is 15.1. The van der Waals surface area contributed by atoms with E-state index in [-0.39, 0.29) is 18.4 Å². The van der Waals surface area contributed by atoms with Gasteiger partial charge in [-0.15, -0.1) is 0 Å². The van der Waals surface area contributed by atoms with Crippen LogP contribution in [0.5, 0.6) is 17.2 Å². The van der Waals surface area contributed by atoms with Gasteiger partial charge in [0.05, 0.1) is 35.0 Å². The number of methoxy groups -OCH3 is 1. The van der Waals surface area contributed by atoms with E-state index in [9.17, 15) is 9.59 Å². The lowest BCUT2D eigenvalue weighted by atomic mass is 10.2. The summed E-state index contributed by atoms with van der Waals surface area (Å²) in [4.78, 5) is 31.9. The number of hydrogen-bond acceptors (Lipinski definition) is 7. The third-order valence-electron chi connectivity index (χ3n) is 5.44. The molecule has 1 aliphatic rings. The number of nitrogens with zero attached hydrogens (tertiary/aromatic N) is 2. The number of anilines is 1. The lowest BCUT2D eigenvalue weighted by Crippen LogP contribution is -2.23. The van der Waals surface area contributed by atoms with Crippen molar-refractivity contribution >= 4 is 73.7 Å². The Kier molecular flexibility index (Phi) is 9.55. The summed E-state index contributed by atoms with van der Waals surface area (Å²) < 4.78 is 17.5. The zero-order chi connectivity index (χ0) is 27.9. The molecule has 39 heavy (non-hydrogen) atoms. The summed E-state index contributed by atoms with van der Waals surface area (Å²) in [6, 6.07) is 17.7. The summed E-state index contributed by atoms with van der Waals surface area (Å²) in [6.45, 7) is 2.02. The Labute approximate surface area is 244 Å². The number of amidine groups is 1. The lowest BCUT2D eigenvalue weighted by molar-refractivity contribution is -0.121. The van der Waals surface area contributed by atoms with E-state index in [1.54, 1.807) is 61.7 Å². The number of likely N-dealkylation sites (N-methyl/N-ethyl adjacent to an activating group) is 1. The Morgan fingerprint density at radius 2 is 1.90 bits per heavy atom. The van der Waals surface area contributed by atoms with E-state index in [0.717, 1.165) is 10.0 Å². The highest BCUT2D eigenvalue weighted by Crippen LogP contribution is 2.36. The van der Waals surface area contributed by atoms with E-state index in [1.807, 2.05) is 19.1 Å². The van der Waals surface area contributed by atoms with Crippen LogP contribution in [0.1, 0.15) is 12.5 Å². The average Bonchev–Trinajstić information content (AvgIpc) is 3.18. The van der Waals surface area contributed by atoms with Gasteiger partial charge in [-0.25, -0.2) is 4.99 Å². The molecule has 8 nitrogen and oxygen atoms in total. The van der Waals surface area contributed by atoms with Crippen molar-refractivity contribution in [3.63, 3.8) is 0 Å². The molecule has 0 aromatic heterocycles. The first-order valence-corrected chi connectivity index (χ1v) is 13.8. The molecule has 0 unspecified atom stereocenters. The maximum atomic E-state index is 12.9. The molecule has 0 bridgehead atoms. The van der Waals surface area contributed by atoms with Crippen molar-refractivity contribution in [2.24, 2.45) is 4.99 Å². The summed E-state index contributed by atoms with van der Waals surface area (Å²) in [5, 5.41) is 3.85. The Morgan fingerprint density at radius 3 is 2.64 bits per heavy atom. The molecule has 0 spiro atoms. The Balaban J connectivity index is 1.48. The molecule has 3 aromatic rings. The van der Waals surface area contributed by atoms with E-state index in [2.05, 4.69) is 26.2 Å². The second-order valence-corrected chi connectivity index (χ2v) is 10.4. The fourth-order valence-electron chi connectivity index (χ4n) is 3.55. The zero-order valence-corrected chi connectivity index (χ0v) is 24.5. The van der Waals surface area contributed by atoms with Crippen LogP contribution in [0, 0.1) is 0 Å². The quantitative estimate of drug-likeness (QED) is 0.263. The van der Waals surface area contributed by atoms with E-state index in [1.165, 1.54) is 23.8 Å².